The van der Waals surface area contributed by atoms with Gasteiger partial charge in [0.1, 0.15) is 5.75 Å². The molecule has 0 saturated carbocycles. The molecule has 0 bridgehead atoms. The molecule has 0 fully saturated rings. The molecule has 0 atom stereocenters. The Kier molecular flexibility index (Phi) is 4.14. The van der Waals surface area contributed by atoms with E-state index < -0.39 is 0 Å². The number of benzene rings is 1. The van der Waals surface area contributed by atoms with Gasteiger partial charge in [0.25, 0.3) is 0 Å². The molecular formula is C19H18N4O3. The molecule has 3 aromatic rings. The van der Waals surface area contributed by atoms with Gasteiger partial charge >= 0.3 is 0 Å². The van der Waals surface area contributed by atoms with Crippen molar-refractivity contribution in [3.8, 4) is 28.6 Å². The number of phenolic OH excluding ortho intramolecular Hbond substituents is 3. The second-order valence-electron chi connectivity index (χ2n) is 6.34. The largest absolute Gasteiger partial charge is 0.507 e. The number of fused-ring (bicyclic) bond motifs is 1. The number of aromatic hydroxyl groups is 3. The van der Waals surface area contributed by atoms with Crippen molar-refractivity contribution in [2.45, 2.75) is 19.5 Å². The summed E-state index contributed by atoms with van der Waals surface area (Å²) in [5.41, 5.74) is 3.53. The van der Waals surface area contributed by atoms with Gasteiger partial charge in [-0.05, 0) is 18.2 Å². The lowest BCUT2D eigenvalue weighted by atomic mass is 10.1. The highest BCUT2D eigenvalue weighted by Gasteiger charge is 2.20. The Bertz CT molecular complexity index is 947. The number of hydrogen-bond acceptors (Lipinski definition) is 7. The van der Waals surface area contributed by atoms with Crippen LogP contribution in [0.4, 0.5) is 0 Å². The Labute approximate surface area is 150 Å². The summed E-state index contributed by atoms with van der Waals surface area (Å²) in [5.74, 6) is 0.0758. The van der Waals surface area contributed by atoms with Crippen molar-refractivity contribution in [2.24, 2.45) is 0 Å². The van der Waals surface area contributed by atoms with Gasteiger partial charge < -0.3 is 15.3 Å². The van der Waals surface area contributed by atoms with E-state index in [1.54, 1.807) is 12.4 Å². The van der Waals surface area contributed by atoms with Crippen LogP contribution in [0.15, 0.2) is 42.9 Å². The van der Waals surface area contributed by atoms with Crippen LogP contribution in [0.3, 0.4) is 0 Å². The van der Waals surface area contributed by atoms with Gasteiger partial charge in [-0.2, -0.15) is 0 Å². The Hall–Kier alpha value is -3.19. The second kappa shape index (κ2) is 6.61. The van der Waals surface area contributed by atoms with Crippen molar-refractivity contribution in [1.82, 2.24) is 19.9 Å². The third-order valence-corrected chi connectivity index (χ3v) is 4.50. The van der Waals surface area contributed by atoms with Gasteiger partial charge in [0, 0.05) is 67.4 Å². The second-order valence-corrected chi connectivity index (χ2v) is 6.34. The van der Waals surface area contributed by atoms with Gasteiger partial charge in [0.15, 0.2) is 17.3 Å². The highest BCUT2D eigenvalue weighted by atomic mass is 16.3. The standard InChI is InChI=1S/C19H18N4O3/c24-16-7-18(26)17(25)6-13(16)10-23-5-3-15-14(11-23)9-21-19(22-15)12-2-1-4-20-8-12/h1-2,4,6-9,24-26H,3,5,10-11H2. The lowest BCUT2D eigenvalue weighted by Crippen LogP contribution is -2.31. The molecule has 1 aliphatic heterocycles. The molecule has 0 spiro atoms. The third-order valence-electron chi connectivity index (χ3n) is 4.50. The number of hydrogen-bond donors (Lipinski definition) is 3. The molecule has 132 valence electrons. The molecular weight excluding hydrogens is 332 g/mol. The number of nitrogens with zero attached hydrogens (tertiary/aromatic N) is 4. The van der Waals surface area contributed by atoms with Gasteiger partial charge in [-0.25, -0.2) is 9.97 Å². The van der Waals surface area contributed by atoms with Crippen molar-refractivity contribution in [3.63, 3.8) is 0 Å². The molecule has 0 aliphatic carbocycles. The van der Waals surface area contributed by atoms with E-state index in [2.05, 4.69) is 19.9 Å². The minimum absolute atomic E-state index is 0.0331. The molecule has 7 nitrogen and oxygen atoms in total. The van der Waals surface area contributed by atoms with E-state index in [4.69, 9.17) is 0 Å². The van der Waals surface area contributed by atoms with Crippen LogP contribution >= 0.6 is 0 Å². The van der Waals surface area contributed by atoms with E-state index in [0.717, 1.165) is 35.9 Å². The molecule has 4 rings (SSSR count). The minimum atomic E-state index is -0.327. The normalized spacial score (nSPS) is 14.2. The maximum absolute atomic E-state index is 9.98. The summed E-state index contributed by atoms with van der Waals surface area (Å²) < 4.78 is 0. The molecule has 0 unspecified atom stereocenters. The zero-order valence-corrected chi connectivity index (χ0v) is 14.0. The zero-order chi connectivity index (χ0) is 18.1. The first-order chi connectivity index (χ1) is 12.6. The van der Waals surface area contributed by atoms with E-state index in [1.165, 1.54) is 6.07 Å². The Morgan fingerprint density at radius 2 is 1.88 bits per heavy atom. The summed E-state index contributed by atoms with van der Waals surface area (Å²) in [6.07, 6.45) is 6.08. The van der Waals surface area contributed by atoms with E-state index >= 15 is 0 Å². The van der Waals surface area contributed by atoms with Crippen molar-refractivity contribution in [3.05, 3.63) is 59.7 Å². The van der Waals surface area contributed by atoms with Crippen LogP contribution < -0.4 is 0 Å². The van der Waals surface area contributed by atoms with Crippen LogP contribution in [0.25, 0.3) is 11.4 Å². The quantitative estimate of drug-likeness (QED) is 0.491. The highest BCUT2D eigenvalue weighted by Crippen LogP contribution is 2.33. The van der Waals surface area contributed by atoms with E-state index in [-0.39, 0.29) is 17.2 Å². The number of phenols is 3. The Balaban J connectivity index is 1.53. The summed E-state index contributed by atoms with van der Waals surface area (Å²) in [7, 11) is 0. The lowest BCUT2D eigenvalue weighted by molar-refractivity contribution is 0.239. The fourth-order valence-corrected chi connectivity index (χ4v) is 3.12. The zero-order valence-electron chi connectivity index (χ0n) is 14.0. The van der Waals surface area contributed by atoms with Crippen molar-refractivity contribution in [2.75, 3.05) is 6.54 Å². The molecule has 26 heavy (non-hydrogen) atoms. The molecule has 7 heteroatoms. The fraction of sp³-hybridized carbons (Fsp3) is 0.211. The van der Waals surface area contributed by atoms with E-state index in [1.807, 2.05) is 18.3 Å². The molecule has 1 aliphatic rings. The molecule has 0 radical (unpaired) electrons. The smallest absolute Gasteiger partial charge is 0.161 e. The number of rotatable bonds is 3. The maximum atomic E-state index is 9.98. The highest BCUT2D eigenvalue weighted by molar-refractivity contribution is 5.53. The monoisotopic (exact) mass is 350 g/mol. The van der Waals surface area contributed by atoms with Crippen molar-refractivity contribution in [1.29, 1.82) is 0 Å². The summed E-state index contributed by atoms with van der Waals surface area (Å²) in [6, 6.07) is 6.34. The Morgan fingerprint density at radius 3 is 2.69 bits per heavy atom. The number of pyridine rings is 1. The third kappa shape index (κ3) is 3.16. The Morgan fingerprint density at radius 1 is 1.04 bits per heavy atom. The van der Waals surface area contributed by atoms with Gasteiger partial charge in [0.05, 0.1) is 5.69 Å². The SMILES string of the molecule is Oc1cc(O)c(CN2CCc3nc(-c4cccnc4)ncc3C2)cc1O. The molecule has 2 aromatic heterocycles. The average Bonchev–Trinajstić information content (AvgIpc) is 2.66. The fourth-order valence-electron chi connectivity index (χ4n) is 3.12. The predicted molar refractivity (Wildman–Crippen MR) is 94.5 cm³/mol. The molecule has 3 heterocycles. The average molecular weight is 350 g/mol. The lowest BCUT2D eigenvalue weighted by Gasteiger charge is -2.28. The van der Waals surface area contributed by atoms with Crippen molar-refractivity contribution >= 4 is 0 Å². The molecule has 1 aromatic carbocycles. The first-order valence-electron chi connectivity index (χ1n) is 8.31. The van der Waals surface area contributed by atoms with E-state index in [9.17, 15) is 15.3 Å². The van der Waals surface area contributed by atoms with Crippen LogP contribution in [0.2, 0.25) is 0 Å². The van der Waals surface area contributed by atoms with Gasteiger partial charge in [-0.15, -0.1) is 0 Å². The van der Waals surface area contributed by atoms with Gasteiger partial charge in [-0.3, -0.25) is 9.88 Å². The molecule has 0 saturated heterocycles. The minimum Gasteiger partial charge on any atom is -0.507 e. The summed E-state index contributed by atoms with van der Waals surface area (Å²) in [6.45, 7) is 1.89. The summed E-state index contributed by atoms with van der Waals surface area (Å²) in [5, 5.41) is 29.1. The summed E-state index contributed by atoms with van der Waals surface area (Å²) >= 11 is 0. The first-order valence-corrected chi connectivity index (χ1v) is 8.31. The molecule has 0 amide bonds. The van der Waals surface area contributed by atoms with Crippen LogP contribution in [0.5, 0.6) is 17.2 Å². The van der Waals surface area contributed by atoms with Crippen molar-refractivity contribution < 1.29 is 15.3 Å². The molecule has 3 N–H and O–H groups in total. The van der Waals surface area contributed by atoms with Crippen LogP contribution in [-0.2, 0) is 19.5 Å². The summed E-state index contributed by atoms with van der Waals surface area (Å²) in [4.78, 5) is 15.4. The van der Waals surface area contributed by atoms with Gasteiger partial charge in [-0.1, -0.05) is 0 Å². The first kappa shape index (κ1) is 16.3. The topological polar surface area (TPSA) is 103 Å². The van der Waals surface area contributed by atoms with Crippen LogP contribution in [0.1, 0.15) is 16.8 Å². The van der Waals surface area contributed by atoms with Crippen LogP contribution in [-0.4, -0.2) is 41.7 Å². The van der Waals surface area contributed by atoms with Gasteiger partial charge in [0.2, 0.25) is 0 Å². The van der Waals surface area contributed by atoms with E-state index in [0.29, 0.717) is 24.5 Å². The predicted octanol–water partition coefficient (Wildman–Crippen LogP) is 2.21. The van der Waals surface area contributed by atoms with Crippen LogP contribution in [0, 0.1) is 0 Å². The maximum Gasteiger partial charge on any atom is 0.161 e. The number of aromatic nitrogens is 3.